The predicted octanol–water partition coefficient (Wildman–Crippen LogP) is 1.49. The number of carbonyl (C=O) groups excluding carboxylic acids is 1. The minimum absolute atomic E-state index is 0.0974. The van der Waals surface area contributed by atoms with Crippen molar-refractivity contribution in [1.82, 2.24) is 0 Å². The lowest BCUT2D eigenvalue weighted by atomic mass is 10.2. The Morgan fingerprint density at radius 2 is 2.17 bits per heavy atom. The number of rotatable bonds is 1. The molecule has 0 saturated heterocycles. The van der Waals surface area contributed by atoms with Gasteiger partial charge in [0.1, 0.15) is 5.60 Å². The van der Waals surface area contributed by atoms with Crippen molar-refractivity contribution in [3.63, 3.8) is 0 Å². The Kier molecular flexibility index (Phi) is 2.10. The van der Waals surface area contributed by atoms with Gasteiger partial charge in [0.05, 0.1) is 17.9 Å². The van der Waals surface area contributed by atoms with Gasteiger partial charge in [-0.2, -0.15) is 5.26 Å². The predicted molar refractivity (Wildman–Crippen MR) is 43.1 cm³/mol. The Morgan fingerprint density at radius 1 is 1.58 bits per heavy atom. The van der Waals surface area contributed by atoms with Crippen LogP contribution in [0.1, 0.15) is 27.2 Å². The van der Waals surface area contributed by atoms with E-state index in [2.05, 4.69) is 6.07 Å². The molecule has 3 nitrogen and oxygen atoms in total. The molecular formula is C9H13NO2. The smallest absolute Gasteiger partial charge is 0.310 e. The number of ether oxygens (including phenoxy) is 1. The van der Waals surface area contributed by atoms with E-state index in [1.165, 1.54) is 0 Å². The van der Waals surface area contributed by atoms with Gasteiger partial charge in [0.2, 0.25) is 0 Å². The Labute approximate surface area is 72.3 Å². The zero-order chi connectivity index (χ0) is 9.35. The maximum Gasteiger partial charge on any atom is 0.310 e. The van der Waals surface area contributed by atoms with Crippen LogP contribution in [0, 0.1) is 23.2 Å². The lowest BCUT2D eigenvalue weighted by Gasteiger charge is -2.19. The van der Waals surface area contributed by atoms with Gasteiger partial charge in [-0.3, -0.25) is 4.79 Å². The van der Waals surface area contributed by atoms with Crippen LogP contribution in [0.25, 0.3) is 0 Å². The van der Waals surface area contributed by atoms with Crippen molar-refractivity contribution in [3.8, 4) is 6.07 Å². The van der Waals surface area contributed by atoms with Crippen LogP contribution in [0.3, 0.4) is 0 Å². The fourth-order valence-electron chi connectivity index (χ4n) is 0.976. The molecule has 1 rings (SSSR count). The van der Waals surface area contributed by atoms with E-state index in [0.717, 1.165) is 0 Å². The fraction of sp³-hybridized carbons (Fsp3) is 0.778. The molecule has 1 saturated carbocycles. The van der Waals surface area contributed by atoms with E-state index in [1.54, 1.807) is 0 Å². The Bertz CT molecular complexity index is 234. The van der Waals surface area contributed by atoms with Crippen molar-refractivity contribution < 1.29 is 9.53 Å². The summed E-state index contributed by atoms with van der Waals surface area (Å²) in [6.45, 7) is 5.48. The summed E-state index contributed by atoms with van der Waals surface area (Å²) < 4.78 is 5.10. The first kappa shape index (κ1) is 9.05. The summed E-state index contributed by atoms with van der Waals surface area (Å²) in [5, 5.41) is 8.47. The SMILES string of the molecule is CC(C)(C)OC(=O)[C@@H]1C[C@H]1C#N. The lowest BCUT2D eigenvalue weighted by molar-refractivity contribution is -0.156. The van der Waals surface area contributed by atoms with Gasteiger partial charge in [-0.05, 0) is 27.2 Å². The second-order valence-electron chi connectivity index (χ2n) is 4.11. The summed E-state index contributed by atoms with van der Waals surface area (Å²) >= 11 is 0. The van der Waals surface area contributed by atoms with Gasteiger partial charge in [0, 0.05) is 0 Å². The van der Waals surface area contributed by atoms with Crippen LogP contribution < -0.4 is 0 Å². The summed E-state index contributed by atoms with van der Waals surface area (Å²) in [5.41, 5.74) is -0.431. The molecule has 3 heteroatoms. The van der Waals surface area contributed by atoms with Gasteiger partial charge in [0.15, 0.2) is 0 Å². The molecule has 0 bridgehead atoms. The zero-order valence-electron chi connectivity index (χ0n) is 7.63. The quantitative estimate of drug-likeness (QED) is 0.556. The molecule has 0 spiro atoms. The van der Waals surface area contributed by atoms with Crippen molar-refractivity contribution in [2.45, 2.75) is 32.8 Å². The number of nitriles is 1. The van der Waals surface area contributed by atoms with Crippen molar-refractivity contribution in [1.29, 1.82) is 5.26 Å². The highest BCUT2D eigenvalue weighted by Crippen LogP contribution is 2.39. The van der Waals surface area contributed by atoms with Gasteiger partial charge in [-0.25, -0.2) is 0 Å². The van der Waals surface area contributed by atoms with Gasteiger partial charge in [0.25, 0.3) is 0 Å². The van der Waals surface area contributed by atoms with E-state index in [9.17, 15) is 4.79 Å². The summed E-state index contributed by atoms with van der Waals surface area (Å²) in [6.07, 6.45) is 0.672. The summed E-state index contributed by atoms with van der Waals surface area (Å²) in [4.78, 5) is 11.2. The van der Waals surface area contributed by atoms with E-state index >= 15 is 0 Å². The minimum Gasteiger partial charge on any atom is -0.460 e. The molecule has 1 aliphatic rings. The van der Waals surface area contributed by atoms with Gasteiger partial charge in [-0.1, -0.05) is 0 Å². The van der Waals surface area contributed by atoms with Gasteiger partial charge >= 0.3 is 5.97 Å². The van der Waals surface area contributed by atoms with Crippen LogP contribution in [-0.2, 0) is 9.53 Å². The van der Waals surface area contributed by atoms with Crippen LogP contribution in [-0.4, -0.2) is 11.6 Å². The molecule has 0 heterocycles. The molecule has 66 valence electrons. The first-order valence-corrected chi connectivity index (χ1v) is 4.06. The molecule has 0 radical (unpaired) electrons. The molecule has 0 aromatic carbocycles. The lowest BCUT2D eigenvalue weighted by Crippen LogP contribution is -2.25. The molecule has 0 amide bonds. The number of hydrogen-bond donors (Lipinski definition) is 0. The van der Waals surface area contributed by atoms with Crippen molar-refractivity contribution in [3.05, 3.63) is 0 Å². The third-order valence-corrected chi connectivity index (χ3v) is 1.67. The van der Waals surface area contributed by atoms with Gasteiger partial charge < -0.3 is 4.74 Å². The highest BCUT2D eigenvalue weighted by atomic mass is 16.6. The van der Waals surface area contributed by atoms with Crippen LogP contribution in [0.15, 0.2) is 0 Å². The van der Waals surface area contributed by atoms with Crippen molar-refractivity contribution in [2.24, 2.45) is 11.8 Å². The highest BCUT2D eigenvalue weighted by molar-refractivity contribution is 5.76. The normalized spacial score (nSPS) is 27.5. The molecule has 0 unspecified atom stereocenters. The van der Waals surface area contributed by atoms with Crippen molar-refractivity contribution >= 4 is 5.97 Å². The van der Waals surface area contributed by atoms with E-state index < -0.39 is 5.60 Å². The summed E-state index contributed by atoms with van der Waals surface area (Å²) in [5.74, 6) is -0.483. The van der Waals surface area contributed by atoms with Crippen molar-refractivity contribution in [2.75, 3.05) is 0 Å². The summed E-state index contributed by atoms with van der Waals surface area (Å²) in [7, 11) is 0. The van der Waals surface area contributed by atoms with Crippen LogP contribution in [0.2, 0.25) is 0 Å². The maximum absolute atomic E-state index is 11.2. The van der Waals surface area contributed by atoms with Crippen LogP contribution in [0.5, 0.6) is 0 Å². The molecule has 12 heavy (non-hydrogen) atoms. The third-order valence-electron chi connectivity index (χ3n) is 1.67. The van der Waals surface area contributed by atoms with Crippen LogP contribution in [0.4, 0.5) is 0 Å². The average Bonchev–Trinajstić information content (AvgIpc) is 2.60. The van der Waals surface area contributed by atoms with E-state index in [-0.39, 0.29) is 17.8 Å². The Morgan fingerprint density at radius 3 is 2.50 bits per heavy atom. The standard InChI is InChI=1S/C9H13NO2/c1-9(2,3)12-8(11)7-4-6(7)5-10/h6-7H,4H2,1-3H3/t6-,7+/m0/s1. The van der Waals surface area contributed by atoms with Gasteiger partial charge in [-0.15, -0.1) is 0 Å². The maximum atomic E-state index is 11.2. The number of hydrogen-bond acceptors (Lipinski definition) is 3. The molecule has 1 fully saturated rings. The van der Waals surface area contributed by atoms with Crippen LogP contribution >= 0.6 is 0 Å². The monoisotopic (exact) mass is 167 g/mol. The average molecular weight is 167 g/mol. The fourth-order valence-corrected chi connectivity index (χ4v) is 0.976. The first-order chi connectivity index (χ1) is 5.44. The van der Waals surface area contributed by atoms with E-state index in [1.807, 2.05) is 20.8 Å². The first-order valence-electron chi connectivity index (χ1n) is 4.06. The highest BCUT2D eigenvalue weighted by Gasteiger charge is 2.45. The molecule has 2 atom stereocenters. The summed E-state index contributed by atoms with van der Waals surface area (Å²) in [6, 6.07) is 2.05. The second-order valence-corrected chi connectivity index (χ2v) is 4.11. The molecule has 0 aromatic heterocycles. The van der Waals surface area contributed by atoms with E-state index in [0.29, 0.717) is 6.42 Å². The van der Waals surface area contributed by atoms with E-state index in [4.69, 9.17) is 10.00 Å². The molecule has 0 N–H and O–H groups in total. The molecule has 1 aliphatic carbocycles. The number of nitrogens with zero attached hydrogens (tertiary/aromatic N) is 1. The molecule has 0 aromatic rings. The molecule has 0 aliphatic heterocycles. The Balaban J connectivity index is 2.38. The number of esters is 1. The zero-order valence-corrected chi connectivity index (χ0v) is 7.63. The topological polar surface area (TPSA) is 50.1 Å². The molecular weight excluding hydrogens is 154 g/mol. The second kappa shape index (κ2) is 2.78. The minimum atomic E-state index is -0.431. The Hall–Kier alpha value is -1.04. The number of carbonyl (C=O) groups is 1. The third kappa shape index (κ3) is 2.23. The largest absolute Gasteiger partial charge is 0.460 e.